The number of likely N-dealkylation sites (tertiary alicyclic amines) is 1. The molecular weight excluding hydrogens is 394 g/mol. The number of carbonyl (C=O) groups excluding carboxylic acids is 1. The number of rotatable bonds is 5. The number of furan rings is 1. The molecule has 2 aliphatic rings. The minimum Gasteiger partial charge on any atom is -0.459 e. The van der Waals surface area contributed by atoms with Gasteiger partial charge in [0.15, 0.2) is 5.76 Å². The zero-order chi connectivity index (χ0) is 20.3. The van der Waals surface area contributed by atoms with Crippen molar-refractivity contribution in [2.45, 2.75) is 51.0 Å². The second-order valence-corrected chi connectivity index (χ2v) is 9.27. The number of piperidine rings is 1. The van der Waals surface area contributed by atoms with Crippen LogP contribution in [0.1, 0.15) is 70.3 Å². The third kappa shape index (κ3) is 3.82. The molecule has 1 atom stereocenters. The summed E-state index contributed by atoms with van der Waals surface area (Å²) < 4.78 is 5.34. The van der Waals surface area contributed by atoms with E-state index < -0.39 is 0 Å². The molecule has 3 aromatic rings. The maximum atomic E-state index is 12.9. The number of aromatic nitrogens is 1. The van der Waals surface area contributed by atoms with Crippen LogP contribution < -0.4 is 5.32 Å². The van der Waals surface area contributed by atoms with E-state index in [2.05, 4.69) is 27.3 Å². The predicted molar refractivity (Wildman–Crippen MR) is 119 cm³/mol. The van der Waals surface area contributed by atoms with Crippen LogP contribution >= 0.6 is 11.3 Å². The Morgan fingerprint density at radius 1 is 1.07 bits per heavy atom. The number of hydrogen-bond donors (Lipinski definition) is 1. The molecule has 0 aromatic carbocycles. The van der Waals surface area contributed by atoms with E-state index in [0.717, 1.165) is 30.9 Å². The lowest BCUT2D eigenvalue weighted by molar-refractivity contribution is 0.0996. The predicted octanol–water partition coefficient (Wildman–Crippen LogP) is 5.44. The molecule has 0 bridgehead atoms. The summed E-state index contributed by atoms with van der Waals surface area (Å²) in [5.74, 6) is 0.178. The maximum absolute atomic E-state index is 12.9. The molecule has 156 valence electrons. The Morgan fingerprint density at radius 3 is 2.63 bits per heavy atom. The van der Waals surface area contributed by atoms with Crippen molar-refractivity contribution in [2.24, 2.45) is 0 Å². The van der Waals surface area contributed by atoms with Gasteiger partial charge < -0.3 is 9.73 Å². The van der Waals surface area contributed by atoms with Crippen molar-refractivity contribution in [3.05, 3.63) is 70.3 Å². The van der Waals surface area contributed by atoms with Gasteiger partial charge in [-0.15, -0.1) is 11.3 Å². The fourth-order valence-electron chi connectivity index (χ4n) is 4.83. The molecule has 30 heavy (non-hydrogen) atoms. The van der Waals surface area contributed by atoms with E-state index in [1.807, 2.05) is 12.4 Å². The van der Waals surface area contributed by atoms with Crippen molar-refractivity contribution in [3.63, 3.8) is 0 Å². The number of nitrogens with one attached hydrogen (secondary N) is 1. The van der Waals surface area contributed by atoms with Crippen molar-refractivity contribution in [2.75, 3.05) is 18.4 Å². The number of carbonyl (C=O) groups is 1. The number of thiophene rings is 1. The monoisotopic (exact) mass is 421 g/mol. The van der Waals surface area contributed by atoms with Crippen LogP contribution in [0.4, 0.5) is 5.00 Å². The van der Waals surface area contributed by atoms with Crippen LogP contribution in [0.15, 0.2) is 47.3 Å². The number of nitrogens with zero attached hydrogens (tertiary/aromatic N) is 2. The van der Waals surface area contributed by atoms with E-state index in [9.17, 15) is 4.79 Å². The van der Waals surface area contributed by atoms with Crippen LogP contribution in [0.5, 0.6) is 0 Å². The lowest BCUT2D eigenvalue weighted by Gasteiger charge is -2.36. The van der Waals surface area contributed by atoms with Gasteiger partial charge in [0.1, 0.15) is 5.00 Å². The van der Waals surface area contributed by atoms with Gasteiger partial charge in [-0.1, -0.05) is 6.42 Å². The highest BCUT2D eigenvalue weighted by atomic mass is 32.1. The van der Waals surface area contributed by atoms with Gasteiger partial charge >= 0.3 is 0 Å². The number of fused-ring (bicyclic) bond motifs is 1. The minimum atomic E-state index is -0.174. The van der Waals surface area contributed by atoms with Crippen molar-refractivity contribution in [1.29, 1.82) is 0 Å². The smallest absolute Gasteiger partial charge is 0.291 e. The third-order valence-corrected chi connectivity index (χ3v) is 7.46. The van der Waals surface area contributed by atoms with Gasteiger partial charge in [0.2, 0.25) is 0 Å². The summed E-state index contributed by atoms with van der Waals surface area (Å²) >= 11 is 1.76. The third-order valence-electron chi connectivity index (χ3n) is 6.24. The Bertz CT molecular complexity index is 991. The average molecular weight is 422 g/mol. The van der Waals surface area contributed by atoms with Crippen molar-refractivity contribution < 1.29 is 9.21 Å². The number of hydrogen-bond acceptors (Lipinski definition) is 5. The van der Waals surface area contributed by atoms with Crippen LogP contribution in [-0.2, 0) is 12.8 Å². The highest BCUT2D eigenvalue weighted by Gasteiger charge is 2.32. The molecule has 3 aromatic heterocycles. The molecule has 0 spiro atoms. The van der Waals surface area contributed by atoms with Gasteiger partial charge in [-0.2, -0.15) is 0 Å². The minimum absolute atomic E-state index is 0.151. The molecule has 0 radical (unpaired) electrons. The van der Waals surface area contributed by atoms with E-state index in [1.165, 1.54) is 53.7 Å². The summed E-state index contributed by atoms with van der Waals surface area (Å²) in [5.41, 5.74) is 4.00. The highest BCUT2D eigenvalue weighted by molar-refractivity contribution is 7.16. The first-order chi connectivity index (χ1) is 14.8. The quantitative estimate of drug-likeness (QED) is 0.596. The van der Waals surface area contributed by atoms with Crippen molar-refractivity contribution in [3.8, 4) is 0 Å². The largest absolute Gasteiger partial charge is 0.459 e. The van der Waals surface area contributed by atoms with Crippen LogP contribution in [0.25, 0.3) is 0 Å². The fraction of sp³-hybridized carbons (Fsp3) is 0.417. The molecule has 5 rings (SSSR count). The standard InChI is InChI=1S/C24H27N3O2S/c28-23(19-8-6-16-29-19)26-24-21(18-7-2-3-9-20(18)30-24)22(17-10-12-25-13-11-17)27-14-4-1-5-15-27/h6,8,10-13,16,22H,1-5,7,9,14-15H2,(H,26,28). The van der Waals surface area contributed by atoms with E-state index in [4.69, 9.17) is 4.42 Å². The summed E-state index contributed by atoms with van der Waals surface area (Å²) in [5, 5.41) is 4.19. The molecule has 0 saturated carbocycles. The second kappa shape index (κ2) is 8.74. The summed E-state index contributed by atoms with van der Waals surface area (Å²) in [6.45, 7) is 2.17. The number of anilines is 1. The van der Waals surface area contributed by atoms with E-state index >= 15 is 0 Å². The average Bonchev–Trinajstić information content (AvgIpc) is 3.45. The maximum Gasteiger partial charge on any atom is 0.291 e. The van der Waals surface area contributed by atoms with Gasteiger partial charge in [0.05, 0.1) is 12.3 Å². The first-order valence-corrected chi connectivity index (χ1v) is 11.8. The van der Waals surface area contributed by atoms with Gasteiger partial charge in [0.25, 0.3) is 5.91 Å². The molecule has 4 heterocycles. The van der Waals surface area contributed by atoms with Crippen LogP contribution in [-0.4, -0.2) is 28.9 Å². The number of aryl methyl sites for hydroxylation is 1. The fourth-order valence-corrected chi connectivity index (χ4v) is 6.14. The molecule has 1 N–H and O–H groups in total. The molecule has 1 aliphatic heterocycles. The Hall–Kier alpha value is -2.44. The van der Waals surface area contributed by atoms with Gasteiger partial charge in [-0.3, -0.25) is 14.7 Å². The molecule has 6 heteroatoms. The molecule has 1 aliphatic carbocycles. The molecule has 1 saturated heterocycles. The lowest BCUT2D eigenvalue weighted by Crippen LogP contribution is -2.35. The Balaban J connectivity index is 1.60. The summed E-state index contributed by atoms with van der Waals surface area (Å²) in [4.78, 5) is 21.1. The van der Waals surface area contributed by atoms with E-state index in [1.54, 1.807) is 29.7 Å². The normalized spacial score (nSPS) is 18.0. The Morgan fingerprint density at radius 2 is 1.87 bits per heavy atom. The number of amides is 1. The number of pyridine rings is 1. The Labute approximate surface area is 181 Å². The summed E-state index contributed by atoms with van der Waals surface area (Å²) in [6, 6.07) is 7.88. The first-order valence-electron chi connectivity index (χ1n) is 10.9. The van der Waals surface area contributed by atoms with Crippen LogP contribution in [0.3, 0.4) is 0 Å². The lowest BCUT2D eigenvalue weighted by atomic mass is 9.88. The zero-order valence-corrected chi connectivity index (χ0v) is 17.9. The van der Waals surface area contributed by atoms with E-state index in [-0.39, 0.29) is 11.9 Å². The first kappa shape index (κ1) is 19.5. The van der Waals surface area contributed by atoms with Crippen LogP contribution in [0, 0.1) is 0 Å². The second-order valence-electron chi connectivity index (χ2n) is 8.16. The zero-order valence-electron chi connectivity index (χ0n) is 17.1. The van der Waals surface area contributed by atoms with Crippen molar-refractivity contribution in [1.82, 2.24) is 9.88 Å². The Kier molecular flexibility index (Phi) is 5.69. The van der Waals surface area contributed by atoms with Gasteiger partial charge in [0, 0.05) is 22.8 Å². The van der Waals surface area contributed by atoms with E-state index in [0.29, 0.717) is 5.76 Å². The topological polar surface area (TPSA) is 58.4 Å². The molecule has 5 nitrogen and oxygen atoms in total. The summed E-state index contributed by atoms with van der Waals surface area (Å²) in [7, 11) is 0. The van der Waals surface area contributed by atoms with Gasteiger partial charge in [-0.05, 0) is 87.0 Å². The summed E-state index contributed by atoms with van der Waals surface area (Å²) in [6.07, 6.45) is 13.7. The SMILES string of the molecule is O=C(Nc1sc2c(c1C(c1ccncc1)N1CCCCC1)CCCC2)c1ccco1. The van der Waals surface area contributed by atoms with Crippen LogP contribution in [0.2, 0.25) is 0 Å². The molecular formula is C24H27N3O2S. The molecule has 1 fully saturated rings. The molecule has 1 amide bonds. The van der Waals surface area contributed by atoms with Gasteiger partial charge in [-0.25, -0.2) is 0 Å². The molecule has 1 unspecified atom stereocenters. The van der Waals surface area contributed by atoms with Crippen molar-refractivity contribution >= 4 is 22.2 Å². The highest BCUT2D eigenvalue weighted by Crippen LogP contribution is 2.46.